The fourth-order valence-electron chi connectivity index (χ4n) is 4.63. The molecule has 0 radical (unpaired) electrons. The van der Waals surface area contributed by atoms with Gasteiger partial charge in [-0.3, -0.25) is 0 Å². The molecule has 0 unspecified atom stereocenters. The second-order valence-electron chi connectivity index (χ2n) is 9.87. The molecule has 1 aliphatic rings. The van der Waals surface area contributed by atoms with Crippen molar-refractivity contribution in [2.75, 3.05) is 0 Å². The Morgan fingerprint density at radius 1 is 1.03 bits per heavy atom. The van der Waals surface area contributed by atoms with Crippen molar-refractivity contribution >= 4 is 5.97 Å². The first-order chi connectivity index (χ1) is 14.6. The third-order valence-electron chi connectivity index (χ3n) is 5.96. The molecule has 0 saturated heterocycles. The third-order valence-corrected chi connectivity index (χ3v) is 5.96. The molecule has 31 heavy (non-hydrogen) atoms. The highest BCUT2D eigenvalue weighted by molar-refractivity contribution is 5.87. The molecule has 0 bridgehead atoms. The molecule has 0 fully saturated rings. The zero-order valence-corrected chi connectivity index (χ0v) is 19.5. The molecule has 3 heteroatoms. The molecule has 1 N–H and O–H groups in total. The van der Waals surface area contributed by atoms with Gasteiger partial charge in [0.05, 0.1) is 5.56 Å². The van der Waals surface area contributed by atoms with Gasteiger partial charge in [0.1, 0.15) is 11.4 Å². The number of aryl methyl sites for hydroxylation is 1. The Balaban J connectivity index is 1.98. The first-order valence-electron chi connectivity index (χ1n) is 11.3. The van der Waals surface area contributed by atoms with Gasteiger partial charge in [-0.2, -0.15) is 0 Å². The van der Waals surface area contributed by atoms with Crippen LogP contribution in [0.5, 0.6) is 5.75 Å². The van der Waals surface area contributed by atoms with Crippen LogP contribution < -0.4 is 4.74 Å². The Hall–Kier alpha value is -2.73. The fraction of sp³-hybridized carbons (Fsp3) is 0.464. The summed E-state index contributed by atoms with van der Waals surface area (Å²) in [5, 5.41) is 9.09. The normalized spacial score (nSPS) is 15.9. The minimum Gasteiger partial charge on any atom is -0.488 e. The second-order valence-corrected chi connectivity index (χ2v) is 9.87. The topological polar surface area (TPSA) is 46.5 Å². The highest BCUT2D eigenvalue weighted by atomic mass is 16.5. The van der Waals surface area contributed by atoms with Crippen molar-refractivity contribution < 1.29 is 14.6 Å². The summed E-state index contributed by atoms with van der Waals surface area (Å²) in [6, 6.07) is 11.2. The first-order valence-corrected chi connectivity index (χ1v) is 11.3. The molecule has 2 aromatic carbocycles. The maximum Gasteiger partial charge on any atom is 0.335 e. The number of fused-ring (bicyclic) bond motifs is 1. The van der Waals surface area contributed by atoms with Crippen LogP contribution in [0, 0.1) is 11.8 Å². The van der Waals surface area contributed by atoms with Gasteiger partial charge in [-0.25, -0.2) is 4.79 Å². The Labute approximate surface area is 186 Å². The lowest BCUT2D eigenvalue weighted by molar-refractivity contribution is 0.0532. The first kappa shape index (κ1) is 22.9. The zero-order chi connectivity index (χ0) is 22.6. The van der Waals surface area contributed by atoms with Gasteiger partial charge in [0, 0.05) is 16.7 Å². The van der Waals surface area contributed by atoms with Crippen molar-refractivity contribution in [2.45, 2.75) is 84.2 Å². The van der Waals surface area contributed by atoms with E-state index in [2.05, 4.69) is 58.6 Å². The van der Waals surface area contributed by atoms with E-state index < -0.39 is 5.97 Å². The molecule has 0 atom stereocenters. The number of hydrogen-bond donors (Lipinski definition) is 1. The van der Waals surface area contributed by atoms with Gasteiger partial charge < -0.3 is 9.84 Å². The van der Waals surface area contributed by atoms with Crippen LogP contribution in [0.4, 0.5) is 0 Å². The van der Waals surface area contributed by atoms with Crippen LogP contribution in [-0.2, 0) is 11.8 Å². The van der Waals surface area contributed by atoms with Crippen LogP contribution >= 0.6 is 0 Å². The molecule has 164 valence electrons. The molecular formula is C28H34O3. The van der Waals surface area contributed by atoms with Gasteiger partial charge in [0.2, 0.25) is 0 Å². The summed E-state index contributed by atoms with van der Waals surface area (Å²) < 4.78 is 6.37. The van der Waals surface area contributed by atoms with E-state index in [9.17, 15) is 4.79 Å². The van der Waals surface area contributed by atoms with Crippen molar-refractivity contribution in [3.05, 3.63) is 64.2 Å². The Morgan fingerprint density at radius 3 is 2.39 bits per heavy atom. The highest BCUT2D eigenvalue weighted by Gasteiger charge is 2.39. The second kappa shape index (κ2) is 9.18. The van der Waals surface area contributed by atoms with E-state index >= 15 is 0 Å². The molecule has 3 rings (SSSR count). The summed E-state index contributed by atoms with van der Waals surface area (Å²) in [6.45, 7) is 11.1. The molecule has 2 aromatic rings. The number of aromatic carboxylic acids is 1. The summed E-state index contributed by atoms with van der Waals surface area (Å²) >= 11 is 0. The summed E-state index contributed by atoms with van der Waals surface area (Å²) in [7, 11) is 0. The lowest BCUT2D eigenvalue weighted by Crippen LogP contribution is -2.41. The maximum absolute atomic E-state index is 11.1. The van der Waals surface area contributed by atoms with Crippen LogP contribution in [0.2, 0.25) is 0 Å². The number of rotatable bonds is 6. The minimum atomic E-state index is -0.922. The van der Waals surface area contributed by atoms with E-state index in [0.717, 1.165) is 36.1 Å². The molecular weight excluding hydrogens is 384 g/mol. The fourth-order valence-corrected chi connectivity index (χ4v) is 4.63. The molecule has 3 nitrogen and oxygen atoms in total. The maximum atomic E-state index is 11.1. The van der Waals surface area contributed by atoms with Crippen molar-refractivity contribution in [1.82, 2.24) is 0 Å². The molecule has 0 aliphatic carbocycles. The number of carboxylic acid groups (broad SMARTS) is 1. The lowest BCUT2D eigenvalue weighted by atomic mass is 9.73. The quantitative estimate of drug-likeness (QED) is 0.417. The Bertz CT molecular complexity index is 1000. The molecule has 0 amide bonds. The number of carboxylic acids is 1. The number of carbonyl (C=O) groups is 1. The molecule has 0 spiro atoms. The number of hydrogen-bond acceptors (Lipinski definition) is 2. The molecule has 1 heterocycles. The average Bonchev–Trinajstić information content (AvgIpc) is 2.68. The number of unbranched alkanes of at least 4 members (excludes halogenated alkanes) is 3. The van der Waals surface area contributed by atoms with E-state index in [0.29, 0.717) is 0 Å². The van der Waals surface area contributed by atoms with Crippen molar-refractivity contribution in [3.63, 3.8) is 0 Å². The standard InChI is InChI=1S/C28H34O3/c1-6-7-8-9-10-22-18-25-24(27(2,3)19-28(4,5)31-25)17-23(22)16-13-20-11-14-21(15-12-20)26(29)30/h11-12,14-15,17-18H,6-10,19H2,1-5H3,(H,29,30). The van der Waals surface area contributed by atoms with Crippen LogP contribution in [-0.4, -0.2) is 16.7 Å². The van der Waals surface area contributed by atoms with Gasteiger partial charge in [-0.15, -0.1) is 0 Å². The van der Waals surface area contributed by atoms with E-state index in [4.69, 9.17) is 9.84 Å². The molecule has 1 aliphatic heterocycles. The van der Waals surface area contributed by atoms with E-state index in [1.165, 1.54) is 30.4 Å². The number of benzene rings is 2. The van der Waals surface area contributed by atoms with Gasteiger partial charge >= 0.3 is 5.97 Å². The van der Waals surface area contributed by atoms with E-state index in [1.54, 1.807) is 24.3 Å². The average molecular weight is 419 g/mol. The van der Waals surface area contributed by atoms with Crippen LogP contribution in [0.3, 0.4) is 0 Å². The van der Waals surface area contributed by atoms with Crippen LogP contribution in [0.25, 0.3) is 0 Å². The summed E-state index contributed by atoms with van der Waals surface area (Å²) in [5.41, 5.74) is 4.42. The van der Waals surface area contributed by atoms with Crippen molar-refractivity contribution in [1.29, 1.82) is 0 Å². The largest absolute Gasteiger partial charge is 0.488 e. The predicted octanol–water partition coefficient (Wildman–Crippen LogP) is 6.75. The summed E-state index contributed by atoms with van der Waals surface area (Å²) in [4.78, 5) is 11.1. The smallest absolute Gasteiger partial charge is 0.335 e. The predicted molar refractivity (Wildman–Crippen MR) is 126 cm³/mol. The van der Waals surface area contributed by atoms with Gasteiger partial charge in [0.25, 0.3) is 0 Å². The zero-order valence-electron chi connectivity index (χ0n) is 19.5. The van der Waals surface area contributed by atoms with Gasteiger partial charge in [0.15, 0.2) is 0 Å². The van der Waals surface area contributed by atoms with Gasteiger partial charge in [-0.05, 0) is 80.5 Å². The summed E-state index contributed by atoms with van der Waals surface area (Å²) in [6.07, 6.45) is 6.76. The van der Waals surface area contributed by atoms with Crippen LogP contribution in [0.15, 0.2) is 36.4 Å². The minimum absolute atomic E-state index is 0.0113. The van der Waals surface area contributed by atoms with E-state index in [1.807, 2.05) is 0 Å². The van der Waals surface area contributed by atoms with Crippen molar-refractivity contribution in [2.24, 2.45) is 0 Å². The SMILES string of the molecule is CCCCCCc1cc2c(cc1C#Cc1ccc(C(=O)O)cc1)C(C)(C)CC(C)(C)O2. The van der Waals surface area contributed by atoms with Gasteiger partial charge in [-0.1, -0.05) is 51.9 Å². The monoisotopic (exact) mass is 418 g/mol. The van der Waals surface area contributed by atoms with Crippen molar-refractivity contribution in [3.8, 4) is 17.6 Å². The Morgan fingerprint density at radius 2 is 1.74 bits per heavy atom. The highest BCUT2D eigenvalue weighted by Crippen LogP contribution is 2.45. The van der Waals surface area contributed by atoms with E-state index in [-0.39, 0.29) is 16.6 Å². The molecule has 0 saturated carbocycles. The Kier molecular flexibility index (Phi) is 6.80. The molecule has 0 aromatic heterocycles. The lowest BCUT2D eigenvalue weighted by Gasteiger charge is -2.42. The third kappa shape index (κ3) is 5.70. The summed E-state index contributed by atoms with van der Waals surface area (Å²) in [5.74, 6) is 6.68. The van der Waals surface area contributed by atoms with Crippen LogP contribution in [0.1, 0.15) is 99.3 Å². The number of ether oxygens (including phenoxy) is 1.